The number of carbonyl (C=O) groups excluding carboxylic acids is 1. The van der Waals surface area contributed by atoms with Gasteiger partial charge < -0.3 is 9.64 Å². The molecule has 0 bridgehead atoms. The average Bonchev–Trinajstić information content (AvgIpc) is 2.41. The van der Waals surface area contributed by atoms with E-state index in [-0.39, 0.29) is 17.8 Å². The summed E-state index contributed by atoms with van der Waals surface area (Å²) in [6, 6.07) is 5.99. The molecule has 0 saturated carbocycles. The largest absolute Gasteiger partial charge is 0.383 e. The molecule has 0 aromatic heterocycles. The third-order valence-corrected chi connectivity index (χ3v) is 3.52. The lowest BCUT2D eigenvalue weighted by Gasteiger charge is -2.30. The Hall–Kier alpha value is -1.06. The van der Waals surface area contributed by atoms with Crippen LogP contribution in [0.5, 0.6) is 0 Å². The first-order chi connectivity index (χ1) is 9.06. The zero-order valence-electron chi connectivity index (χ0n) is 12.1. The predicted molar refractivity (Wildman–Crippen MR) is 80.1 cm³/mol. The van der Waals surface area contributed by atoms with Crippen LogP contribution in [0, 0.1) is 6.92 Å². The number of hydrogen-bond acceptors (Lipinski definition) is 2. The Bertz CT molecular complexity index is 434. The summed E-state index contributed by atoms with van der Waals surface area (Å²) in [5.74, 6) is -0.119. The molecule has 1 aromatic carbocycles. The zero-order chi connectivity index (χ0) is 14.4. The van der Waals surface area contributed by atoms with Gasteiger partial charge in [-0.15, -0.1) is 11.6 Å². The number of rotatable bonds is 6. The van der Waals surface area contributed by atoms with Gasteiger partial charge in [-0.25, -0.2) is 0 Å². The van der Waals surface area contributed by atoms with E-state index < -0.39 is 0 Å². The fourth-order valence-electron chi connectivity index (χ4n) is 2.31. The molecule has 0 saturated heterocycles. The second-order valence-corrected chi connectivity index (χ2v) is 4.88. The van der Waals surface area contributed by atoms with Gasteiger partial charge in [0.1, 0.15) is 5.88 Å². The van der Waals surface area contributed by atoms with E-state index >= 15 is 0 Å². The third-order valence-electron chi connectivity index (χ3n) is 3.29. The first kappa shape index (κ1) is 16.0. The van der Waals surface area contributed by atoms with Gasteiger partial charge in [0.2, 0.25) is 5.91 Å². The number of amides is 1. The van der Waals surface area contributed by atoms with Crippen LogP contribution in [0.25, 0.3) is 0 Å². The molecule has 0 aliphatic carbocycles. The van der Waals surface area contributed by atoms with Crippen molar-refractivity contribution in [1.82, 2.24) is 0 Å². The molecule has 106 valence electrons. The lowest BCUT2D eigenvalue weighted by atomic mass is 10.0. The van der Waals surface area contributed by atoms with Gasteiger partial charge in [0.15, 0.2) is 0 Å². The topological polar surface area (TPSA) is 29.5 Å². The van der Waals surface area contributed by atoms with Crippen molar-refractivity contribution < 1.29 is 9.53 Å². The first-order valence-electron chi connectivity index (χ1n) is 6.52. The standard InChI is InChI=1S/C15H22ClNO2/c1-5-13-7-6-8-14(12(13)3)17(15(18)9-16)11(2)10-19-4/h6-8,11H,5,9-10H2,1-4H3. The molecule has 0 N–H and O–H groups in total. The van der Waals surface area contributed by atoms with E-state index in [1.807, 2.05) is 26.0 Å². The maximum absolute atomic E-state index is 12.1. The quantitative estimate of drug-likeness (QED) is 0.751. The van der Waals surface area contributed by atoms with Crippen molar-refractivity contribution in [3.63, 3.8) is 0 Å². The van der Waals surface area contributed by atoms with Gasteiger partial charge in [0.05, 0.1) is 12.6 Å². The van der Waals surface area contributed by atoms with Crippen molar-refractivity contribution in [1.29, 1.82) is 0 Å². The molecule has 0 spiro atoms. The average molecular weight is 284 g/mol. The number of aryl methyl sites for hydroxylation is 1. The number of methoxy groups -OCH3 is 1. The summed E-state index contributed by atoms with van der Waals surface area (Å²) in [7, 11) is 1.63. The van der Waals surface area contributed by atoms with Crippen LogP contribution in [0.2, 0.25) is 0 Å². The molecule has 3 nitrogen and oxygen atoms in total. The molecule has 1 atom stereocenters. The minimum absolute atomic E-state index is 0.0240. The maximum atomic E-state index is 12.1. The normalized spacial score (nSPS) is 12.3. The van der Waals surface area contributed by atoms with Crippen LogP contribution >= 0.6 is 11.6 Å². The molecule has 1 aromatic rings. The number of anilines is 1. The fourth-order valence-corrected chi connectivity index (χ4v) is 2.44. The SMILES string of the molecule is CCc1cccc(N(C(=O)CCl)C(C)COC)c1C. The summed E-state index contributed by atoms with van der Waals surface area (Å²) in [6.07, 6.45) is 0.946. The second kappa shape index (κ2) is 7.51. The van der Waals surface area contributed by atoms with Gasteiger partial charge in [-0.1, -0.05) is 19.1 Å². The molecule has 19 heavy (non-hydrogen) atoms. The first-order valence-corrected chi connectivity index (χ1v) is 7.05. The van der Waals surface area contributed by atoms with Gasteiger partial charge in [-0.05, 0) is 37.5 Å². The monoisotopic (exact) mass is 283 g/mol. The van der Waals surface area contributed by atoms with E-state index in [9.17, 15) is 4.79 Å². The van der Waals surface area contributed by atoms with Crippen LogP contribution < -0.4 is 4.90 Å². The van der Waals surface area contributed by atoms with Crippen molar-refractivity contribution >= 4 is 23.2 Å². The lowest BCUT2D eigenvalue weighted by Crippen LogP contribution is -2.42. The van der Waals surface area contributed by atoms with E-state index in [4.69, 9.17) is 16.3 Å². The third kappa shape index (κ3) is 3.71. The highest BCUT2D eigenvalue weighted by Gasteiger charge is 2.23. The van der Waals surface area contributed by atoms with Crippen LogP contribution in [0.1, 0.15) is 25.0 Å². The van der Waals surface area contributed by atoms with Crippen molar-refractivity contribution in [2.75, 3.05) is 24.5 Å². The summed E-state index contributed by atoms with van der Waals surface area (Å²) in [4.78, 5) is 13.9. The summed E-state index contributed by atoms with van der Waals surface area (Å²) in [5, 5.41) is 0. The number of nitrogens with zero attached hydrogens (tertiary/aromatic N) is 1. The molecule has 4 heteroatoms. The number of ether oxygens (including phenoxy) is 1. The minimum Gasteiger partial charge on any atom is -0.383 e. The molecule has 0 aliphatic rings. The van der Waals surface area contributed by atoms with Crippen molar-refractivity contribution in [3.8, 4) is 0 Å². The molecule has 0 aliphatic heterocycles. The van der Waals surface area contributed by atoms with Gasteiger partial charge in [-0.3, -0.25) is 4.79 Å². The highest BCUT2D eigenvalue weighted by Crippen LogP contribution is 2.26. The van der Waals surface area contributed by atoms with Crippen molar-refractivity contribution in [3.05, 3.63) is 29.3 Å². The molecule has 0 heterocycles. The van der Waals surface area contributed by atoms with Crippen LogP contribution in [0.3, 0.4) is 0 Å². The second-order valence-electron chi connectivity index (χ2n) is 4.62. The summed E-state index contributed by atoms with van der Waals surface area (Å²) in [5.41, 5.74) is 3.30. The smallest absolute Gasteiger partial charge is 0.242 e. The Morgan fingerprint density at radius 2 is 2.16 bits per heavy atom. The molecule has 1 rings (SSSR count). The number of carbonyl (C=O) groups is 1. The molecule has 0 radical (unpaired) electrons. The van der Waals surface area contributed by atoms with Gasteiger partial charge in [0, 0.05) is 12.8 Å². The Labute approximate surface area is 120 Å². The van der Waals surface area contributed by atoms with E-state index in [2.05, 4.69) is 13.0 Å². The lowest BCUT2D eigenvalue weighted by molar-refractivity contribution is -0.116. The number of halogens is 1. The van der Waals surface area contributed by atoms with Crippen LogP contribution in [-0.4, -0.2) is 31.5 Å². The molecular formula is C15H22ClNO2. The highest BCUT2D eigenvalue weighted by molar-refractivity contribution is 6.29. The van der Waals surface area contributed by atoms with E-state index in [1.54, 1.807) is 12.0 Å². The van der Waals surface area contributed by atoms with Crippen molar-refractivity contribution in [2.45, 2.75) is 33.2 Å². The molecular weight excluding hydrogens is 262 g/mol. The Kier molecular flexibility index (Phi) is 6.32. The number of hydrogen-bond donors (Lipinski definition) is 0. The van der Waals surface area contributed by atoms with Crippen molar-refractivity contribution in [2.24, 2.45) is 0 Å². The van der Waals surface area contributed by atoms with E-state index in [0.717, 1.165) is 17.7 Å². The minimum atomic E-state index is -0.0948. The van der Waals surface area contributed by atoms with Crippen LogP contribution in [-0.2, 0) is 16.0 Å². The van der Waals surface area contributed by atoms with Gasteiger partial charge in [-0.2, -0.15) is 0 Å². The number of alkyl halides is 1. The van der Waals surface area contributed by atoms with Crippen LogP contribution in [0.15, 0.2) is 18.2 Å². The summed E-state index contributed by atoms with van der Waals surface area (Å²) in [6.45, 7) is 6.60. The predicted octanol–water partition coefficient (Wildman–Crippen LogP) is 3.16. The Morgan fingerprint density at radius 3 is 2.68 bits per heavy atom. The van der Waals surface area contributed by atoms with Gasteiger partial charge in [0.25, 0.3) is 0 Å². The Morgan fingerprint density at radius 1 is 1.47 bits per heavy atom. The zero-order valence-corrected chi connectivity index (χ0v) is 12.8. The highest BCUT2D eigenvalue weighted by atomic mass is 35.5. The van der Waals surface area contributed by atoms with E-state index in [0.29, 0.717) is 6.61 Å². The fraction of sp³-hybridized carbons (Fsp3) is 0.533. The van der Waals surface area contributed by atoms with Gasteiger partial charge >= 0.3 is 0 Å². The Balaban J connectivity index is 3.21. The molecule has 0 fully saturated rings. The molecule has 1 unspecified atom stereocenters. The summed E-state index contributed by atoms with van der Waals surface area (Å²) >= 11 is 5.73. The number of benzene rings is 1. The molecule has 1 amide bonds. The van der Waals surface area contributed by atoms with Crippen LogP contribution in [0.4, 0.5) is 5.69 Å². The summed E-state index contributed by atoms with van der Waals surface area (Å²) < 4.78 is 5.16. The maximum Gasteiger partial charge on any atom is 0.242 e. The van der Waals surface area contributed by atoms with E-state index in [1.165, 1.54) is 5.56 Å².